The summed E-state index contributed by atoms with van der Waals surface area (Å²) in [6.45, 7) is 2.27. The van der Waals surface area contributed by atoms with Gasteiger partial charge in [-0.25, -0.2) is 0 Å². The molecular formula is C16H23NO. The average molecular weight is 245 g/mol. The van der Waals surface area contributed by atoms with Gasteiger partial charge in [-0.05, 0) is 80.6 Å². The third-order valence-electron chi connectivity index (χ3n) is 4.55. The van der Waals surface area contributed by atoms with Crippen LogP contribution >= 0.6 is 0 Å². The lowest BCUT2D eigenvalue weighted by molar-refractivity contribution is 0.365. The van der Waals surface area contributed by atoms with E-state index in [9.17, 15) is 5.11 Å². The molecule has 0 amide bonds. The van der Waals surface area contributed by atoms with E-state index in [0.717, 1.165) is 38.3 Å². The number of rotatable bonds is 2. The maximum atomic E-state index is 10.4. The number of aromatic hydroxyl groups is 1. The first kappa shape index (κ1) is 12.0. The number of phenols is 1. The van der Waals surface area contributed by atoms with Gasteiger partial charge in [-0.2, -0.15) is 0 Å². The van der Waals surface area contributed by atoms with Crippen molar-refractivity contribution in [3.05, 3.63) is 28.8 Å². The molecule has 0 unspecified atom stereocenters. The van der Waals surface area contributed by atoms with Crippen molar-refractivity contribution in [1.82, 2.24) is 5.32 Å². The van der Waals surface area contributed by atoms with Crippen molar-refractivity contribution in [1.29, 1.82) is 0 Å². The van der Waals surface area contributed by atoms with Crippen LogP contribution in [0.25, 0.3) is 0 Å². The number of piperidine rings is 1. The Morgan fingerprint density at radius 2 is 1.89 bits per heavy atom. The first-order valence-electron chi connectivity index (χ1n) is 7.38. The van der Waals surface area contributed by atoms with Crippen LogP contribution in [0, 0.1) is 5.92 Å². The fourth-order valence-electron chi connectivity index (χ4n) is 3.42. The Labute approximate surface area is 109 Å². The normalized spacial score (nSPS) is 20.7. The molecule has 1 heterocycles. The predicted molar refractivity (Wildman–Crippen MR) is 74.0 cm³/mol. The van der Waals surface area contributed by atoms with Gasteiger partial charge in [-0.3, -0.25) is 0 Å². The maximum absolute atomic E-state index is 10.4. The number of nitrogens with one attached hydrogen (secondary N) is 1. The fraction of sp³-hybridized carbons (Fsp3) is 0.625. The first-order valence-corrected chi connectivity index (χ1v) is 7.38. The Kier molecular flexibility index (Phi) is 3.55. The summed E-state index contributed by atoms with van der Waals surface area (Å²) in [4.78, 5) is 0. The van der Waals surface area contributed by atoms with Crippen molar-refractivity contribution in [3.63, 3.8) is 0 Å². The van der Waals surface area contributed by atoms with Crippen LogP contribution in [0.3, 0.4) is 0 Å². The molecule has 1 aliphatic carbocycles. The summed E-state index contributed by atoms with van der Waals surface area (Å²) >= 11 is 0. The van der Waals surface area contributed by atoms with E-state index < -0.39 is 0 Å². The molecule has 1 fully saturated rings. The van der Waals surface area contributed by atoms with Crippen LogP contribution in [0.5, 0.6) is 5.75 Å². The number of fused-ring (bicyclic) bond motifs is 1. The Balaban J connectivity index is 1.79. The first-order chi connectivity index (χ1) is 8.84. The van der Waals surface area contributed by atoms with E-state index in [4.69, 9.17) is 0 Å². The van der Waals surface area contributed by atoms with Crippen LogP contribution in [-0.4, -0.2) is 18.2 Å². The zero-order chi connectivity index (χ0) is 12.4. The van der Waals surface area contributed by atoms with Crippen molar-refractivity contribution in [3.8, 4) is 5.75 Å². The largest absolute Gasteiger partial charge is 0.507 e. The van der Waals surface area contributed by atoms with Gasteiger partial charge in [-0.15, -0.1) is 0 Å². The van der Waals surface area contributed by atoms with Gasteiger partial charge >= 0.3 is 0 Å². The SMILES string of the molecule is Oc1c(CC2CCNCC2)ccc2c1CCCC2. The minimum atomic E-state index is 0.616. The summed E-state index contributed by atoms with van der Waals surface area (Å²) in [7, 11) is 0. The zero-order valence-corrected chi connectivity index (χ0v) is 11.0. The second-order valence-corrected chi connectivity index (χ2v) is 5.82. The number of benzene rings is 1. The molecule has 18 heavy (non-hydrogen) atoms. The molecule has 0 bridgehead atoms. The maximum Gasteiger partial charge on any atom is 0.122 e. The molecule has 2 N–H and O–H groups in total. The highest BCUT2D eigenvalue weighted by atomic mass is 16.3. The van der Waals surface area contributed by atoms with Crippen LogP contribution in [-0.2, 0) is 19.3 Å². The molecule has 1 aromatic rings. The molecule has 1 saturated heterocycles. The van der Waals surface area contributed by atoms with Crippen molar-refractivity contribution in [2.75, 3.05) is 13.1 Å². The van der Waals surface area contributed by atoms with Gasteiger partial charge in [0.1, 0.15) is 5.75 Å². The van der Waals surface area contributed by atoms with Crippen LogP contribution in [0.1, 0.15) is 42.4 Å². The molecule has 0 saturated carbocycles. The molecule has 0 radical (unpaired) electrons. The highest BCUT2D eigenvalue weighted by Gasteiger charge is 2.19. The van der Waals surface area contributed by atoms with Gasteiger partial charge in [0.15, 0.2) is 0 Å². The van der Waals surface area contributed by atoms with E-state index in [-0.39, 0.29) is 0 Å². The fourth-order valence-corrected chi connectivity index (χ4v) is 3.42. The second-order valence-electron chi connectivity index (χ2n) is 5.82. The van der Waals surface area contributed by atoms with Crippen molar-refractivity contribution in [2.24, 2.45) is 5.92 Å². The van der Waals surface area contributed by atoms with E-state index in [1.54, 1.807) is 0 Å². The summed E-state index contributed by atoms with van der Waals surface area (Å²) < 4.78 is 0. The molecule has 2 aliphatic rings. The van der Waals surface area contributed by atoms with E-state index in [1.807, 2.05) is 0 Å². The van der Waals surface area contributed by atoms with Gasteiger partial charge in [-0.1, -0.05) is 12.1 Å². The highest BCUT2D eigenvalue weighted by molar-refractivity contribution is 5.46. The van der Waals surface area contributed by atoms with Crippen molar-refractivity contribution < 1.29 is 5.11 Å². The lowest BCUT2D eigenvalue weighted by Gasteiger charge is -2.24. The average Bonchev–Trinajstić information content (AvgIpc) is 2.43. The summed E-state index contributed by atoms with van der Waals surface area (Å²) in [6.07, 6.45) is 8.28. The standard InChI is InChI=1S/C16H23NO/c18-16-14(11-12-7-9-17-10-8-12)6-5-13-3-1-2-4-15(13)16/h5-6,12,17-18H,1-4,7-11H2. The van der Waals surface area contributed by atoms with Gasteiger partial charge in [0.05, 0.1) is 0 Å². The van der Waals surface area contributed by atoms with Crippen LogP contribution in [0.4, 0.5) is 0 Å². The summed E-state index contributed by atoms with van der Waals surface area (Å²) in [5.41, 5.74) is 3.81. The lowest BCUT2D eigenvalue weighted by Crippen LogP contribution is -2.28. The smallest absolute Gasteiger partial charge is 0.122 e. The monoisotopic (exact) mass is 245 g/mol. The van der Waals surface area contributed by atoms with E-state index in [2.05, 4.69) is 17.4 Å². The minimum absolute atomic E-state index is 0.616. The van der Waals surface area contributed by atoms with Gasteiger partial charge < -0.3 is 10.4 Å². The lowest BCUT2D eigenvalue weighted by atomic mass is 9.85. The Bertz CT molecular complexity index is 421. The summed E-state index contributed by atoms with van der Waals surface area (Å²) in [5, 5.41) is 13.9. The molecule has 1 aliphatic heterocycles. The van der Waals surface area contributed by atoms with E-state index >= 15 is 0 Å². The molecule has 98 valence electrons. The van der Waals surface area contributed by atoms with Gasteiger partial charge in [0, 0.05) is 0 Å². The highest BCUT2D eigenvalue weighted by Crippen LogP contribution is 2.34. The number of hydrogen-bond donors (Lipinski definition) is 2. The van der Waals surface area contributed by atoms with E-state index in [0.29, 0.717) is 5.75 Å². The van der Waals surface area contributed by atoms with Gasteiger partial charge in [0.25, 0.3) is 0 Å². The Hall–Kier alpha value is -1.02. The van der Waals surface area contributed by atoms with Crippen LogP contribution < -0.4 is 5.32 Å². The Morgan fingerprint density at radius 3 is 2.72 bits per heavy atom. The number of hydrogen-bond acceptors (Lipinski definition) is 2. The van der Waals surface area contributed by atoms with Crippen LogP contribution in [0.15, 0.2) is 12.1 Å². The molecular weight excluding hydrogens is 222 g/mol. The molecule has 0 atom stereocenters. The van der Waals surface area contributed by atoms with Crippen molar-refractivity contribution >= 4 is 0 Å². The Morgan fingerprint density at radius 1 is 1.11 bits per heavy atom. The molecule has 0 spiro atoms. The molecule has 0 aromatic heterocycles. The third kappa shape index (κ3) is 2.39. The summed E-state index contributed by atoms with van der Waals surface area (Å²) in [6, 6.07) is 4.42. The van der Waals surface area contributed by atoms with E-state index in [1.165, 1.54) is 42.4 Å². The molecule has 2 heteroatoms. The minimum Gasteiger partial charge on any atom is -0.507 e. The van der Waals surface area contributed by atoms with Crippen LogP contribution in [0.2, 0.25) is 0 Å². The zero-order valence-electron chi connectivity index (χ0n) is 11.0. The second kappa shape index (κ2) is 5.31. The molecule has 3 rings (SSSR count). The number of phenolic OH excluding ortho intramolecular Hbond substituents is 1. The molecule has 1 aromatic carbocycles. The van der Waals surface area contributed by atoms with Gasteiger partial charge in [0.2, 0.25) is 0 Å². The van der Waals surface area contributed by atoms with Crippen molar-refractivity contribution in [2.45, 2.75) is 44.9 Å². The quantitative estimate of drug-likeness (QED) is 0.839. The topological polar surface area (TPSA) is 32.3 Å². The summed E-state index contributed by atoms with van der Waals surface area (Å²) in [5.74, 6) is 1.37. The number of aryl methyl sites for hydroxylation is 1. The molecule has 2 nitrogen and oxygen atoms in total. The third-order valence-corrected chi connectivity index (χ3v) is 4.55. The predicted octanol–water partition coefficient (Wildman–Crippen LogP) is 2.81.